The molecule has 0 heterocycles. The van der Waals surface area contributed by atoms with Crippen LogP contribution >= 0.6 is 31.9 Å². The van der Waals surface area contributed by atoms with Crippen LogP contribution < -0.4 is 10.7 Å². The monoisotopic (exact) mass is 541 g/mol. The van der Waals surface area contributed by atoms with Crippen molar-refractivity contribution >= 4 is 56.0 Å². The molecule has 31 heavy (non-hydrogen) atoms. The number of hydrogen-bond donors (Lipinski definition) is 3. The first-order valence-corrected chi connectivity index (χ1v) is 10.7. The lowest BCUT2D eigenvalue weighted by Crippen LogP contribution is -2.32. The van der Waals surface area contributed by atoms with Gasteiger partial charge in [-0.15, -0.1) is 0 Å². The predicted molar refractivity (Wildman–Crippen MR) is 128 cm³/mol. The minimum atomic E-state index is -0.613. The first-order valence-electron chi connectivity index (χ1n) is 9.08. The van der Waals surface area contributed by atoms with Gasteiger partial charge < -0.3 is 10.4 Å². The Morgan fingerprint density at radius 2 is 1.58 bits per heavy atom. The number of nitrogens with zero attached hydrogens (tertiary/aromatic N) is 1. The van der Waals surface area contributed by atoms with Crippen molar-refractivity contribution in [2.75, 3.05) is 0 Å². The highest BCUT2D eigenvalue weighted by molar-refractivity contribution is 9.11. The van der Waals surface area contributed by atoms with Crippen LogP contribution in [0.3, 0.4) is 0 Å². The topological polar surface area (TPSA) is 90.8 Å². The van der Waals surface area contributed by atoms with E-state index in [1.54, 1.807) is 48.5 Å². The molecular weight excluding hydrogens is 526 g/mol. The summed E-state index contributed by atoms with van der Waals surface area (Å²) in [4.78, 5) is 25.3. The summed E-state index contributed by atoms with van der Waals surface area (Å²) >= 11 is 6.57. The maximum Gasteiger partial charge on any atom is 0.287 e. The number of carbonyl (C=O) groups excluding carboxylic acids is 2. The van der Waals surface area contributed by atoms with E-state index >= 15 is 0 Å². The number of aromatic hydroxyl groups is 1. The summed E-state index contributed by atoms with van der Waals surface area (Å²) in [6.07, 6.45) is 2.86. The van der Waals surface area contributed by atoms with Crippen LogP contribution in [0.2, 0.25) is 0 Å². The number of rotatable bonds is 6. The highest BCUT2D eigenvalue weighted by Gasteiger charge is 2.14. The minimum Gasteiger partial charge on any atom is -0.506 e. The molecule has 3 aromatic carbocycles. The van der Waals surface area contributed by atoms with Gasteiger partial charge >= 0.3 is 0 Å². The van der Waals surface area contributed by atoms with Gasteiger partial charge in [0.1, 0.15) is 11.4 Å². The number of hydrogen-bond acceptors (Lipinski definition) is 4. The molecule has 0 spiro atoms. The van der Waals surface area contributed by atoms with E-state index in [-0.39, 0.29) is 11.4 Å². The van der Waals surface area contributed by atoms with Crippen LogP contribution in [0, 0.1) is 0 Å². The summed E-state index contributed by atoms with van der Waals surface area (Å²) in [7, 11) is 0. The van der Waals surface area contributed by atoms with Crippen LogP contribution in [0.1, 0.15) is 21.5 Å². The first kappa shape index (κ1) is 22.5. The summed E-state index contributed by atoms with van der Waals surface area (Å²) in [5.41, 5.74) is 3.95. The molecule has 3 aromatic rings. The van der Waals surface area contributed by atoms with Crippen LogP contribution in [0.25, 0.3) is 6.08 Å². The average Bonchev–Trinajstić information content (AvgIpc) is 2.77. The summed E-state index contributed by atoms with van der Waals surface area (Å²) in [6, 6.07) is 21.0. The number of benzene rings is 3. The lowest BCUT2D eigenvalue weighted by Gasteiger charge is -2.09. The fourth-order valence-electron chi connectivity index (χ4n) is 2.56. The van der Waals surface area contributed by atoms with Crippen molar-refractivity contribution in [1.29, 1.82) is 0 Å². The third-order valence-corrected chi connectivity index (χ3v) is 5.13. The Labute approximate surface area is 195 Å². The molecule has 0 aliphatic carbocycles. The number of carbonyl (C=O) groups is 2. The second-order valence-corrected chi connectivity index (χ2v) is 8.08. The van der Waals surface area contributed by atoms with Gasteiger partial charge in [-0.25, -0.2) is 5.43 Å². The third-order valence-electron chi connectivity index (χ3n) is 4.07. The normalized spacial score (nSPS) is 11.4. The smallest absolute Gasteiger partial charge is 0.287 e. The predicted octanol–water partition coefficient (Wildman–Crippen LogP) is 4.84. The van der Waals surface area contributed by atoms with Gasteiger partial charge in [-0.05, 0) is 51.8 Å². The van der Waals surface area contributed by atoms with Gasteiger partial charge in [0.2, 0.25) is 0 Å². The molecule has 0 saturated carbocycles. The SMILES string of the molecule is O=C(N/N=C/c1cc(Br)cc(Br)c1O)/C(=C\c1ccccc1)NC(=O)c1ccccc1. The van der Waals surface area contributed by atoms with Crippen LogP contribution in [0.5, 0.6) is 5.75 Å². The van der Waals surface area contributed by atoms with Crippen molar-refractivity contribution in [2.45, 2.75) is 0 Å². The number of nitrogens with one attached hydrogen (secondary N) is 2. The highest BCUT2D eigenvalue weighted by Crippen LogP contribution is 2.30. The zero-order valence-electron chi connectivity index (χ0n) is 16.0. The zero-order valence-corrected chi connectivity index (χ0v) is 19.2. The molecule has 0 fully saturated rings. The van der Waals surface area contributed by atoms with E-state index < -0.39 is 11.8 Å². The van der Waals surface area contributed by atoms with E-state index in [4.69, 9.17) is 0 Å². The fraction of sp³-hybridized carbons (Fsp3) is 0. The molecule has 6 nitrogen and oxygen atoms in total. The number of amides is 2. The third kappa shape index (κ3) is 6.37. The van der Waals surface area contributed by atoms with Gasteiger partial charge in [-0.1, -0.05) is 64.5 Å². The van der Waals surface area contributed by atoms with Crippen LogP contribution in [-0.2, 0) is 4.79 Å². The summed E-state index contributed by atoms with van der Waals surface area (Å²) < 4.78 is 1.21. The van der Waals surface area contributed by atoms with E-state index in [1.807, 2.05) is 30.3 Å². The molecule has 2 amide bonds. The van der Waals surface area contributed by atoms with E-state index in [9.17, 15) is 14.7 Å². The summed E-state index contributed by atoms with van der Waals surface area (Å²) in [5, 5.41) is 16.6. The van der Waals surface area contributed by atoms with Gasteiger partial charge in [0.25, 0.3) is 11.8 Å². The van der Waals surface area contributed by atoms with E-state index in [0.717, 1.165) is 10.0 Å². The van der Waals surface area contributed by atoms with Gasteiger partial charge in [0, 0.05) is 15.6 Å². The zero-order chi connectivity index (χ0) is 22.2. The number of hydrazone groups is 1. The van der Waals surface area contributed by atoms with Crippen molar-refractivity contribution in [1.82, 2.24) is 10.7 Å². The molecule has 0 saturated heterocycles. The van der Waals surface area contributed by atoms with Crippen molar-refractivity contribution in [3.8, 4) is 5.75 Å². The Hall–Kier alpha value is -3.23. The molecule has 0 radical (unpaired) electrons. The number of phenols is 1. The van der Waals surface area contributed by atoms with Crippen molar-refractivity contribution in [3.63, 3.8) is 0 Å². The largest absolute Gasteiger partial charge is 0.506 e. The molecule has 3 rings (SSSR count). The quantitative estimate of drug-likeness (QED) is 0.236. The van der Waals surface area contributed by atoms with Crippen LogP contribution in [0.4, 0.5) is 0 Å². The van der Waals surface area contributed by atoms with Gasteiger partial charge in [0.05, 0.1) is 10.7 Å². The lowest BCUT2D eigenvalue weighted by atomic mass is 10.1. The fourth-order valence-corrected chi connectivity index (χ4v) is 3.82. The number of halogens is 2. The van der Waals surface area contributed by atoms with Gasteiger partial charge in [-0.3, -0.25) is 9.59 Å². The molecule has 0 aromatic heterocycles. The molecule has 0 aliphatic heterocycles. The van der Waals surface area contributed by atoms with Crippen LogP contribution in [0.15, 0.2) is 92.5 Å². The highest BCUT2D eigenvalue weighted by atomic mass is 79.9. The molecule has 0 atom stereocenters. The van der Waals surface area contributed by atoms with Crippen molar-refractivity contribution in [2.24, 2.45) is 5.10 Å². The molecule has 8 heteroatoms. The average molecular weight is 543 g/mol. The van der Waals surface area contributed by atoms with E-state index in [1.165, 1.54) is 6.21 Å². The summed E-state index contributed by atoms with van der Waals surface area (Å²) in [6.45, 7) is 0. The Kier molecular flexibility index (Phi) is 7.75. The Balaban J connectivity index is 1.81. The van der Waals surface area contributed by atoms with Gasteiger partial charge in [-0.2, -0.15) is 5.10 Å². The molecular formula is C23H17Br2N3O3. The molecule has 3 N–H and O–H groups in total. The number of phenolic OH excluding ortho intramolecular Hbond substituents is 1. The van der Waals surface area contributed by atoms with Crippen LogP contribution in [-0.4, -0.2) is 23.1 Å². The summed E-state index contributed by atoms with van der Waals surface area (Å²) in [5.74, 6) is -1.05. The Bertz CT molecular complexity index is 1150. The lowest BCUT2D eigenvalue weighted by molar-refractivity contribution is -0.117. The van der Waals surface area contributed by atoms with Crippen molar-refractivity contribution in [3.05, 3.63) is 104 Å². The molecule has 0 unspecified atom stereocenters. The molecule has 0 bridgehead atoms. The Morgan fingerprint density at radius 3 is 2.26 bits per heavy atom. The second kappa shape index (κ2) is 10.7. The van der Waals surface area contributed by atoms with E-state index in [2.05, 4.69) is 47.7 Å². The molecule has 156 valence electrons. The Morgan fingerprint density at radius 1 is 0.935 bits per heavy atom. The maximum atomic E-state index is 12.7. The van der Waals surface area contributed by atoms with Crippen molar-refractivity contribution < 1.29 is 14.7 Å². The second-order valence-electron chi connectivity index (χ2n) is 6.31. The standard InChI is InChI=1S/C23H17Br2N3O3/c24-18-12-17(21(29)19(25)13-18)14-26-28-23(31)20(11-15-7-3-1-4-8-15)27-22(30)16-9-5-2-6-10-16/h1-14,29H,(H,27,30)(H,28,31)/b20-11+,26-14+. The molecule has 0 aliphatic rings. The minimum absolute atomic E-state index is 0.0152. The van der Waals surface area contributed by atoms with Gasteiger partial charge in [0.15, 0.2) is 0 Å². The maximum absolute atomic E-state index is 12.7. The first-order chi connectivity index (χ1) is 14.9. The van der Waals surface area contributed by atoms with E-state index in [0.29, 0.717) is 15.6 Å².